The molecule has 0 aromatic heterocycles. The van der Waals surface area contributed by atoms with Crippen LogP contribution in [0.2, 0.25) is 0 Å². The fourth-order valence-electron chi connectivity index (χ4n) is 7.36. The van der Waals surface area contributed by atoms with Gasteiger partial charge >= 0.3 is 17.9 Å². The molecule has 0 radical (unpaired) electrons. The van der Waals surface area contributed by atoms with Gasteiger partial charge in [-0.2, -0.15) is 0 Å². The largest absolute Gasteiger partial charge is 0.462 e. The van der Waals surface area contributed by atoms with Crippen LogP contribution >= 0.6 is 0 Å². The monoisotopic (exact) mass is 943 g/mol. The van der Waals surface area contributed by atoms with E-state index in [4.69, 9.17) is 14.2 Å². The maximum Gasteiger partial charge on any atom is 0.306 e. The zero-order chi connectivity index (χ0) is 49.3. The quantitative estimate of drug-likeness (QED) is 0.0262. The van der Waals surface area contributed by atoms with Crippen LogP contribution in [0.5, 0.6) is 0 Å². The molecule has 68 heavy (non-hydrogen) atoms. The Hall–Kier alpha value is -3.93. The van der Waals surface area contributed by atoms with Gasteiger partial charge in [-0.1, -0.05) is 239 Å². The van der Waals surface area contributed by atoms with E-state index in [9.17, 15) is 14.4 Å². The lowest BCUT2D eigenvalue weighted by molar-refractivity contribution is -0.166. The van der Waals surface area contributed by atoms with Crippen molar-refractivity contribution < 1.29 is 28.6 Å². The molecule has 0 aliphatic carbocycles. The van der Waals surface area contributed by atoms with E-state index in [1.54, 1.807) is 0 Å². The summed E-state index contributed by atoms with van der Waals surface area (Å²) < 4.78 is 16.7. The third-order valence-corrected chi connectivity index (χ3v) is 11.5. The second-order valence-electron chi connectivity index (χ2n) is 18.1. The summed E-state index contributed by atoms with van der Waals surface area (Å²) in [5.41, 5.74) is 0. The van der Waals surface area contributed by atoms with Gasteiger partial charge in [0.05, 0.1) is 0 Å². The summed E-state index contributed by atoms with van der Waals surface area (Å²) in [6.07, 6.45) is 75.2. The molecule has 386 valence electrons. The minimum absolute atomic E-state index is 0.113. The highest BCUT2D eigenvalue weighted by atomic mass is 16.6. The van der Waals surface area contributed by atoms with Crippen molar-refractivity contribution in [3.05, 3.63) is 109 Å². The van der Waals surface area contributed by atoms with Crippen molar-refractivity contribution in [1.82, 2.24) is 0 Å². The average Bonchev–Trinajstić information content (AvgIpc) is 3.34. The van der Waals surface area contributed by atoms with Crippen LogP contribution in [0.25, 0.3) is 0 Å². The van der Waals surface area contributed by atoms with Crippen LogP contribution in [-0.4, -0.2) is 37.2 Å². The predicted octanol–water partition coefficient (Wildman–Crippen LogP) is 18.7. The highest BCUT2D eigenvalue weighted by Gasteiger charge is 2.19. The van der Waals surface area contributed by atoms with Crippen LogP contribution in [-0.2, 0) is 28.6 Å². The zero-order valence-electron chi connectivity index (χ0n) is 44.1. The Labute approximate surface area is 419 Å². The normalized spacial score (nSPS) is 12.9. The molecule has 0 amide bonds. The molecule has 1 atom stereocenters. The minimum atomic E-state index is -0.824. The number of allylic oxidation sites excluding steroid dienone is 18. The lowest BCUT2D eigenvalue weighted by atomic mass is 10.1. The van der Waals surface area contributed by atoms with Gasteiger partial charge < -0.3 is 14.2 Å². The van der Waals surface area contributed by atoms with Crippen LogP contribution in [0.15, 0.2) is 109 Å². The van der Waals surface area contributed by atoms with E-state index < -0.39 is 12.1 Å². The summed E-state index contributed by atoms with van der Waals surface area (Å²) in [7, 11) is 0. The van der Waals surface area contributed by atoms with Crippen molar-refractivity contribution in [2.45, 2.75) is 252 Å². The minimum Gasteiger partial charge on any atom is -0.462 e. The van der Waals surface area contributed by atoms with Gasteiger partial charge in [-0.15, -0.1) is 0 Å². The molecule has 0 N–H and O–H groups in total. The van der Waals surface area contributed by atoms with E-state index in [1.807, 2.05) is 12.2 Å². The van der Waals surface area contributed by atoms with E-state index in [1.165, 1.54) is 96.3 Å². The SMILES string of the molecule is CC/C=C\C/C=C\C/C=C\C/C=C\C/C=C\C/C=C\CCC(=O)OC(COC(=O)CCCCCCCC/C=C\C/C=C\C/C=C\CCCCCCC)COC(=O)CCCCCCCCCCCC. The Balaban J connectivity index is 4.47. The van der Waals surface area contributed by atoms with Crippen LogP contribution in [0.3, 0.4) is 0 Å². The van der Waals surface area contributed by atoms with Gasteiger partial charge in [0.25, 0.3) is 0 Å². The molecule has 0 aliphatic rings. The smallest absolute Gasteiger partial charge is 0.306 e. The van der Waals surface area contributed by atoms with Gasteiger partial charge in [-0.05, 0) is 96.3 Å². The molecule has 0 spiro atoms. The van der Waals surface area contributed by atoms with Crippen LogP contribution in [0.1, 0.15) is 245 Å². The van der Waals surface area contributed by atoms with Gasteiger partial charge in [0.2, 0.25) is 0 Å². The third-order valence-electron chi connectivity index (χ3n) is 11.5. The predicted molar refractivity (Wildman–Crippen MR) is 293 cm³/mol. The molecule has 0 heterocycles. The summed E-state index contributed by atoms with van der Waals surface area (Å²) in [5.74, 6) is -1.01. The first-order valence-corrected chi connectivity index (χ1v) is 27.9. The molecule has 6 heteroatoms. The lowest BCUT2D eigenvalue weighted by Crippen LogP contribution is -2.30. The second kappa shape index (κ2) is 55.7. The first-order chi connectivity index (χ1) is 33.5. The van der Waals surface area contributed by atoms with E-state index in [-0.39, 0.29) is 31.6 Å². The van der Waals surface area contributed by atoms with Crippen molar-refractivity contribution in [1.29, 1.82) is 0 Å². The molecule has 0 aromatic carbocycles. The van der Waals surface area contributed by atoms with E-state index in [0.29, 0.717) is 19.3 Å². The van der Waals surface area contributed by atoms with Gasteiger partial charge in [0.1, 0.15) is 13.2 Å². The zero-order valence-corrected chi connectivity index (χ0v) is 44.1. The maximum absolute atomic E-state index is 12.8. The third kappa shape index (κ3) is 53.0. The molecule has 0 aliphatic heterocycles. The molecule has 0 aromatic rings. The molecule has 0 bridgehead atoms. The fraction of sp³-hybridized carbons (Fsp3) is 0.661. The van der Waals surface area contributed by atoms with Gasteiger partial charge in [0.15, 0.2) is 6.10 Å². The first kappa shape index (κ1) is 64.1. The molecular formula is C62H102O6. The maximum atomic E-state index is 12.8. The highest BCUT2D eigenvalue weighted by molar-refractivity contribution is 5.71. The summed E-state index contributed by atoms with van der Waals surface area (Å²) in [6.45, 7) is 6.42. The fourth-order valence-corrected chi connectivity index (χ4v) is 7.36. The number of ether oxygens (including phenoxy) is 3. The number of unbranched alkanes of at least 4 members (excludes halogenated alkanes) is 20. The molecule has 1 unspecified atom stereocenters. The Kier molecular flexibility index (Phi) is 52.4. The molecule has 6 nitrogen and oxygen atoms in total. The van der Waals surface area contributed by atoms with Gasteiger partial charge in [-0.3, -0.25) is 14.4 Å². The van der Waals surface area contributed by atoms with Crippen LogP contribution in [0, 0.1) is 0 Å². The molecule has 0 fully saturated rings. The second-order valence-corrected chi connectivity index (χ2v) is 18.1. The Morgan fingerprint density at radius 3 is 0.956 bits per heavy atom. The number of esters is 3. The van der Waals surface area contributed by atoms with Crippen molar-refractivity contribution >= 4 is 17.9 Å². The molecule has 0 saturated carbocycles. The van der Waals surface area contributed by atoms with E-state index in [2.05, 4.69) is 118 Å². The Morgan fingerprint density at radius 2 is 0.603 bits per heavy atom. The Morgan fingerprint density at radius 1 is 0.309 bits per heavy atom. The van der Waals surface area contributed by atoms with E-state index in [0.717, 1.165) is 103 Å². The number of hydrogen-bond donors (Lipinski definition) is 0. The average molecular weight is 943 g/mol. The number of carbonyl (C=O) groups excluding carboxylic acids is 3. The van der Waals surface area contributed by atoms with Gasteiger partial charge in [0, 0.05) is 19.3 Å². The molecular weight excluding hydrogens is 841 g/mol. The van der Waals surface area contributed by atoms with Gasteiger partial charge in [-0.25, -0.2) is 0 Å². The standard InChI is InChI=1S/C62H102O6/c1-4-7-10-13-16-19-22-24-26-28-30-31-33-34-36-38-40-43-46-49-52-55-61(64)67-58-59(57-66-60(63)54-51-48-45-42-21-18-15-12-9-6-3)68-62(65)56-53-50-47-44-41-39-37-35-32-29-27-25-23-20-17-14-11-8-5-2/h8,11,17,20,22,24-25,27-28,30,32-35,39,41,47,50,59H,4-7,9-10,12-16,18-19,21,23,26,29,31,36-38,40,42-46,48-49,51-58H2,1-3H3/b11-8-,20-17-,24-22-,27-25-,30-28-,34-33-,35-32-,41-39-,50-47-. The van der Waals surface area contributed by atoms with E-state index >= 15 is 0 Å². The van der Waals surface area contributed by atoms with Crippen molar-refractivity contribution in [2.24, 2.45) is 0 Å². The summed E-state index contributed by atoms with van der Waals surface area (Å²) in [5, 5.41) is 0. The van der Waals surface area contributed by atoms with Crippen molar-refractivity contribution in [3.63, 3.8) is 0 Å². The number of hydrogen-bond acceptors (Lipinski definition) is 6. The first-order valence-electron chi connectivity index (χ1n) is 27.9. The van der Waals surface area contributed by atoms with Crippen LogP contribution in [0.4, 0.5) is 0 Å². The number of rotatable bonds is 49. The summed E-state index contributed by atoms with van der Waals surface area (Å²) >= 11 is 0. The lowest BCUT2D eigenvalue weighted by Gasteiger charge is -2.18. The van der Waals surface area contributed by atoms with Crippen molar-refractivity contribution in [3.8, 4) is 0 Å². The summed E-state index contributed by atoms with van der Waals surface area (Å²) in [6, 6.07) is 0. The molecule has 0 rings (SSSR count). The number of carbonyl (C=O) groups is 3. The topological polar surface area (TPSA) is 78.9 Å². The summed E-state index contributed by atoms with van der Waals surface area (Å²) in [4.78, 5) is 38.0. The van der Waals surface area contributed by atoms with Crippen LogP contribution < -0.4 is 0 Å². The Bertz CT molecular complexity index is 1410. The van der Waals surface area contributed by atoms with Crippen molar-refractivity contribution in [2.75, 3.05) is 13.2 Å². The highest BCUT2D eigenvalue weighted by Crippen LogP contribution is 2.14. The molecule has 0 saturated heterocycles.